The number of benzene rings is 2. The maximum atomic E-state index is 12.3. The molecule has 1 aromatic heterocycles. The SMILES string of the molecule is O=C(COC(=O)Cc1coc2cc(O)ccc12)Nc1ccccc1C(=O)NC1CC1. The van der Waals surface area contributed by atoms with Gasteiger partial charge in [0.25, 0.3) is 11.8 Å². The van der Waals surface area contributed by atoms with E-state index in [0.717, 1.165) is 12.8 Å². The van der Waals surface area contributed by atoms with Gasteiger partial charge < -0.3 is 24.9 Å². The van der Waals surface area contributed by atoms with Crippen LogP contribution in [-0.2, 0) is 20.7 Å². The van der Waals surface area contributed by atoms with Crippen molar-refractivity contribution in [3.63, 3.8) is 0 Å². The molecule has 30 heavy (non-hydrogen) atoms. The van der Waals surface area contributed by atoms with E-state index in [-0.39, 0.29) is 24.1 Å². The molecule has 0 atom stereocenters. The van der Waals surface area contributed by atoms with E-state index < -0.39 is 18.5 Å². The summed E-state index contributed by atoms with van der Waals surface area (Å²) in [5.41, 5.74) is 1.77. The first-order valence-electron chi connectivity index (χ1n) is 9.54. The number of phenolic OH excluding ortho intramolecular Hbond substituents is 1. The number of carbonyl (C=O) groups is 3. The van der Waals surface area contributed by atoms with Gasteiger partial charge in [0.1, 0.15) is 11.3 Å². The highest BCUT2D eigenvalue weighted by molar-refractivity contribution is 6.04. The Morgan fingerprint density at radius 3 is 2.73 bits per heavy atom. The molecule has 1 aliphatic rings. The van der Waals surface area contributed by atoms with Gasteiger partial charge in [-0.15, -0.1) is 0 Å². The van der Waals surface area contributed by atoms with Gasteiger partial charge in [-0.3, -0.25) is 14.4 Å². The minimum atomic E-state index is -0.597. The van der Waals surface area contributed by atoms with Gasteiger partial charge in [-0.25, -0.2) is 0 Å². The molecule has 3 aromatic rings. The minimum Gasteiger partial charge on any atom is -0.508 e. The van der Waals surface area contributed by atoms with Crippen LogP contribution in [0.25, 0.3) is 11.0 Å². The fraction of sp³-hybridized carbons (Fsp3) is 0.227. The lowest BCUT2D eigenvalue weighted by molar-refractivity contribution is -0.146. The number of carbonyl (C=O) groups excluding carboxylic acids is 3. The summed E-state index contributed by atoms with van der Waals surface area (Å²) in [5.74, 6) is -1.32. The van der Waals surface area contributed by atoms with Gasteiger partial charge >= 0.3 is 5.97 Å². The molecule has 2 aromatic carbocycles. The van der Waals surface area contributed by atoms with Crippen LogP contribution in [-0.4, -0.2) is 35.5 Å². The average molecular weight is 408 g/mol. The summed E-state index contributed by atoms with van der Waals surface area (Å²) in [6.45, 7) is -0.478. The number of aromatic hydroxyl groups is 1. The second-order valence-corrected chi connectivity index (χ2v) is 7.12. The molecule has 0 unspecified atom stereocenters. The molecule has 1 heterocycles. The standard InChI is InChI=1S/C22H20N2O6/c25-15-7-8-16-13(11-29-19(16)10-15)9-21(27)30-12-20(26)24-18-4-2-1-3-17(18)22(28)23-14-5-6-14/h1-4,7-8,10-11,14,25H,5-6,9,12H2,(H,23,28)(H,24,26). The molecule has 154 valence electrons. The molecule has 0 bridgehead atoms. The van der Waals surface area contributed by atoms with Crippen LogP contribution in [0.3, 0.4) is 0 Å². The molecule has 1 aliphatic carbocycles. The highest BCUT2D eigenvalue weighted by Gasteiger charge is 2.25. The molecule has 0 saturated heterocycles. The monoisotopic (exact) mass is 408 g/mol. The van der Waals surface area contributed by atoms with Crippen molar-refractivity contribution in [2.45, 2.75) is 25.3 Å². The van der Waals surface area contributed by atoms with Crippen molar-refractivity contribution in [2.75, 3.05) is 11.9 Å². The van der Waals surface area contributed by atoms with Crippen molar-refractivity contribution < 1.29 is 28.6 Å². The number of hydrogen-bond donors (Lipinski definition) is 3. The highest BCUT2D eigenvalue weighted by Crippen LogP contribution is 2.25. The number of furan rings is 1. The van der Waals surface area contributed by atoms with Crippen molar-refractivity contribution in [3.05, 3.63) is 59.9 Å². The fourth-order valence-corrected chi connectivity index (χ4v) is 3.03. The summed E-state index contributed by atoms with van der Waals surface area (Å²) in [5, 5.41) is 15.6. The largest absolute Gasteiger partial charge is 0.508 e. The zero-order valence-corrected chi connectivity index (χ0v) is 16.0. The Hall–Kier alpha value is -3.81. The number of para-hydroxylation sites is 1. The van der Waals surface area contributed by atoms with Gasteiger partial charge in [-0.1, -0.05) is 12.1 Å². The van der Waals surface area contributed by atoms with Crippen LogP contribution >= 0.6 is 0 Å². The fourth-order valence-electron chi connectivity index (χ4n) is 3.03. The van der Waals surface area contributed by atoms with Crippen molar-refractivity contribution in [2.24, 2.45) is 0 Å². The van der Waals surface area contributed by atoms with E-state index in [9.17, 15) is 19.5 Å². The number of phenols is 1. The molecule has 0 radical (unpaired) electrons. The first-order valence-corrected chi connectivity index (χ1v) is 9.54. The third-order valence-electron chi connectivity index (χ3n) is 4.70. The van der Waals surface area contributed by atoms with E-state index in [0.29, 0.717) is 27.8 Å². The van der Waals surface area contributed by atoms with Crippen molar-refractivity contribution >= 4 is 34.4 Å². The predicted molar refractivity (Wildman–Crippen MR) is 108 cm³/mol. The molecule has 4 rings (SSSR count). The third-order valence-corrected chi connectivity index (χ3v) is 4.70. The number of fused-ring (bicyclic) bond motifs is 1. The number of ether oxygens (including phenoxy) is 1. The maximum Gasteiger partial charge on any atom is 0.310 e. The molecule has 1 saturated carbocycles. The zero-order chi connectivity index (χ0) is 21.1. The number of anilines is 1. The van der Waals surface area contributed by atoms with E-state index in [1.54, 1.807) is 30.3 Å². The van der Waals surface area contributed by atoms with Gasteiger partial charge in [0.05, 0.1) is 23.9 Å². The van der Waals surface area contributed by atoms with E-state index >= 15 is 0 Å². The van der Waals surface area contributed by atoms with Crippen molar-refractivity contribution in [3.8, 4) is 5.75 Å². The lowest BCUT2D eigenvalue weighted by Gasteiger charge is -2.11. The van der Waals surface area contributed by atoms with Gasteiger partial charge in [-0.2, -0.15) is 0 Å². The van der Waals surface area contributed by atoms with E-state index in [1.807, 2.05) is 0 Å². The predicted octanol–water partition coefficient (Wildman–Crippen LogP) is 2.76. The van der Waals surface area contributed by atoms with Crippen LogP contribution < -0.4 is 10.6 Å². The average Bonchev–Trinajstić information content (AvgIpc) is 3.46. The lowest BCUT2D eigenvalue weighted by Crippen LogP contribution is -2.28. The smallest absolute Gasteiger partial charge is 0.310 e. The van der Waals surface area contributed by atoms with Crippen LogP contribution in [0.15, 0.2) is 53.1 Å². The Balaban J connectivity index is 1.32. The quantitative estimate of drug-likeness (QED) is 0.518. The Morgan fingerprint density at radius 2 is 1.93 bits per heavy atom. The molecule has 2 amide bonds. The molecule has 0 aliphatic heterocycles. The second kappa shape index (κ2) is 8.28. The topological polar surface area (TPSA) is 118 Å². The summed E-state index contributed by atoms with van der Waals surface area (Å²) in [7, 11) is 0. The summed E-state index contributed by atoms with van der Waals surface area (Å²) in [6.07, 6.45) is 3.26. The van der Waals surface area contributed by atoms with Crippen LogP contribution in [0.1, 0.15) is 28.8 Å². The Kier molecular flexibility index (Phi) is 5.38. The summed E-state index contributed by atoms with van der Waals surface area (Å²) in [4.78, 5) is 36.6. The molecule has 8 nitrogen and oxygen atoms in total. The van der Waals surface area contributed by atoms with Crippen LogP contribution in [0.5, 0.6) is 5.75 Å². The summed E-state index contributed by atoms with van der Waals surface area (Å²) < 4.78 is 10.4. The van der Waals surface area contributed by atoms with Crippen molar-refractivity contribution in [1.82, 2.24) is 5.32 Å². The molecule has 3 N–H and O–H groups in total. The van der Waals surface area contributed by atoms with Gasteiger partial charge in [0.15, 0.2) is 6.61 Å². The minimum absolute atomic E-state index is 0.0636. The van der Waals surface area contributed by atoms with Crippen LogP contribution in [0, 0.1) is 0 Å². The molecule has 8 heteroatoms. The molecular formula is C22H20N2O6. The number of nitrogens with one attached hydrogen (secondary N) is 2. The lowest BCUT2D eigenvalue weighted by atomic mass is 10.1. The zero-order valence-electron chi connectivity index (χ0n) is 16.0. The summed E-state index contributed by atoms with van der Waals surface area (Å²) >= 11 is 0. The molecule has 0 spiro atoms. The normalized spacial score (nSPS) is 13.1. The first kappa shape index (κ1) is 19.5. The number of esters is 1. The van der Waals surface area contributed by atoms with E-state index in [2.05, 4.69) is 10.6 Å². The van der Waals surface area contributed by atoms with Gasteiger partial charge in [0.2, 0.25) is 0 Å². The number of rotatable bonds is 7. The Labute approximate surface area is 171 Å². The van der Waals surface area contributed by atoms with E-state index in [1.165, 1.54) is 18.4 Å². The maximum absolute atomic E-state index is 12.3. The highest BCUT2D eigenvalue weighted by atomic mass is 16.5. The van der Waals surface area contributed by atoms with Crippen molar-refractivity contribution in [1.29, 1.82) is 0 Å². The van der Waals surface area contributed by atoms with Crippen LogP contribution in [0.4, 0.5) is 5.69 Å². The number of amides is 2. The number of hydrogen-bond acceptors (Lipinski definition) is 6. The molecule has 1 fully saturated rings. The van der Waals surface area contributed by atoms with Crippen LogP contribution in [0.2, 0.25) is 0 Å². The molecular weight excluding hydrogens is 388 g/mol. The third kappa shape index (κ3) is 4.60. The second-order valence-electron chi connectivity index (χ2n) is 7.12. The Bertz CT molecular complexity index is 1120. The Morgan fingerprint density at radius 1 is 1.13 bits per heavy atom. The van der Waals surface area contributed by atoms with E-state index in [4.69, 9.17) is 9.15 Å². The van der Waals surface area contributed by atoms with Gasteiger partial charge in [-0.05, 0) is 37.1 Å². The summed E-state index contributed by atoms with van der Waals surface area (Å²) in [6, 6.07) is 11.5. The van der Waals surface area contributed by atoms with Gasteiger partial charge in [0, 0.05) is 23.1 Å². The first-order chi connectivity index (χ1) is 14.5.